The van der Waals surface area contributed by atoms with Gasteiger partial charge in [-0.15, -0.1) is 13.2 Å². The van der Waals surface area contributed by atoms with E-state index in [2.05, 4.69) is 44.0 Å². The van der Waals surface area contributed by atoms with Crippen molar-refractivity contribution in [2.45, 2.75) is 5.41 Å². The lowest BCUT2D eigenvalue weighted by Gasteiger charge is -2.30. The van der Waals surface area contributed by atoms with E-state index in [1.165, 1.54) is 0 Å². The number of hydrogen-bond acceptors (Lipinski definition) is 0. The molecule has 0 amide bonds. The molecule has 0 radical (unpaired) electrons. The van der Waals surface area contributed by atoms with Crippen LogP contribution in [0.15, 0.2) is 86.5 Å². The fourth-order valence-electron chi connectivity index (χ4n) is 2.46. The predicted octanol–water partition coefficient (Wildman–Crippen LogP) is 4.99. The van der Waals surface area contributed by atoms with Gasteiger partial charge in [0.2, 0.25) is 0 Å². The second-order valence-corrected chi connectivity index (χ2v) is 4.43. The third-order valence-electron chi connectivity index (χ3n) is 3.52. The van der Waals surface area contributed by atoms with Crippen molar-refractivity contribution in [3.63, 3.8) is 0 Å². The molecule has 19 heavy (non-hydrogen) atoms. The van der Waals surface area contributed by atoms with Crippen LogP contribution in [-0.4, -0.2) is 0 Å². The Kier molecular flexibility index (Phi) is 3.82. The monoisotopic (exact) mass is 246 g/mol. The molecule has 0 aromatic heterocycles. The minimum absolute atomic E-state index is 0.383. The molecule has 0 bridgehead atoms. The summed E-state index contributed by atoms with van der Waals surface area (Å²) in [7, 11) is 0. The van der Waals surface area contributed by atoms with E-state index in [0.29, 0.717) is 0 Å². The Bertz CT molecular complexity index is 582. The van der Waals surface area contributed by atoms with Gasteiger partial charge >= 0.3 is 0 Å². The van der Waals surface area contributed by atoms with Crippen molar-refractivity contribution in [2.75, 3.05) is 0 Å². The first kappa shape index (κ1) is 13.1. The van der Waals surface area contributed by atoms with Crippen LogP contribution >= 0.6 is 0 Å². The molecule has 0 heterocycles. The number of allylic oxidation sites excluding steroid dienone is 2. The Morgan fingerprint density at radius 1 is 0.737 bits per heavy atom. The van der Waals surface area contributed by atoms with Gasteiger partial charge in [-0.1, -0.05) is 79.4 Å². The third-order valence-corrected chi connectivity index (χ3v) is 3.52. The normalized spacial score (nSPS) is 10.7. The molecule has 0 unspecified atom stereocenters. The van der Waals surface area contributed by atoms with E-state index >= 15 is 0 Å². The summed E-state index contributed by atoms with van der Waals surface area (Å²) >= 11 is 0. The van der Waals surface area contributed by atoms with Gasteiger partial charge in [-0.25, -0.2) is 0 Å². The van der Waals surface area contributed by atoms with E-state index in [1.54, 1.807) is 0 Å². The fraction of sp³-hybridized carbons (Fsp3) is 0.0526. The van der Waals surface area contributed by atoms with Gasteiger partial charge in [-0.2, -0.15) is 0 Å². The van der Waals surface area contributed by atoms with E-state index in [-0.39, 0.29) is 5.41 Å². The van der Waals surface area contributed by atoms with Crippen LogP contribution in [0.1, 0.15) is 16.7 Å². The van der Waals surface area contributed by atoms with Crippen LogP contribution in [0.3, 0.4) is 0 Å². The van der Waals surface area contributed by atoms with Crippen LogP contribution in [-0.2, 0) is 5.41 Å². The van der Waals surface area contributed by atoms with Gasteiger partial charge in [0.05, 0.1) is 5.41 Å². The standard InChI is InChI=1S/C19H18/c1-4-16-12-10-11-15-18(16)19(5-2,6-3)17-13-8-7-9-14-17/h4-15H,1-3H2. The first-order valence-electron chi connectivity index (χ1n) is 6.33. The first-order chi connectivity index (χ1) is 9.28. The van der Waals surface area contributed by atoms with E-state index in [9.17, 15) is 0 Å². The molecule has 0 saturated heterocycles. The summed E-state index contributed by atoms with van der Waals surface area (Å²) in [5, 5.41) is 0. The second kappa shape index (κ2) is 5.53. The van der Waals surface area contributed by atoms with Crippen LogP contribution in [0, 0.1) is 0 Å². The van der Waals surface area contributed by atoms with Crippen LogP contribution in [0.5, 0.6) is 0 Å². The Morgan fingerprint density at radius 3 is 1.89 bits per heavy atom. The molecule has 0 nitrogen and oxygen atoms in total. The highest BCUT2D eigenvalue weighted by Gasteiger charge is 2.28. The maximum atomic E-state index is 4.03. The minimum atomic E-state index is -0.383. The molecule has 0 heteroatoms. The van der Waals surface area contributed by atoms with Gasteiger partial charge in [0.15, 0.2) is 0 Å². The topological polar surface area (TPSA) is 0 Å². The molecule has 0 fully saturated rings. The smallest absolute Gasteiger partial charge is 0.0563 e. The molecular weight excluding hydrogens is 228 g/mol. The maximum absolute atomic E-state index is 4.03. The Balaban J connectivity index is 2.73. The van der Waals surface area contributed by atoms with Crippen molar-refractivity contribution in [3.05, 3.63) is 103 Å². The van der Waals surface area contributed by atoms with Crippen LogP contribution in [0.2, 0.25) is 0 Å². The molecule has 94 valence electrons. The van der Waals surface area contributed by atoms with Crippen molar-refractivity contribution in [1.29, 1.82) is 0 Å². The molecule has 2 rings (SSSR count). The van der Waals surface area contributed by atoms with E-state index < -0.39 is 0 Å². The fourth-order valence-corrected chi connectivity index (χ4v) is 2.46. The van der Waals surface area contributed by atoms with Gasteiger partial charge in [0, 0.05) is 0 Å². The summed E-state index contributed by atoms with van der Waals surface area (Å²) in [5.41, 5.74) is 3.04. The highest BCUT2D eigenvalue weighted by atomic mass is 14.3. The van der Waals surface area contributed by atoms with Gasteiger partial charge in [-0.3, -0.25) is 0 Å². The summed E-state index contributed by atoms with van der Waals surface area (Å²) in [6.45, 7) is 12.0. The molecule has 0 saturated carbocycles. The first-order valence-corrected chi connectivity index (χ1v) is 6.33. The van der Waals surface area contributed by atoms with Crippen molar-refractivity contribution in [3.8, 4) is 0 Å². The maximum Gasteiger partial charge on any atom is 0.0563 e. The quantitative estimate of drug-likeness (QED) is 0.652. The van der Waals surface area contributed by atoms with Crippen LogP contribution in [0.4, 0.5) is 0 Å². The summed E-state index contributed by atoms with van der Waals surface area (Å²) in [4.78, 5) is 0. The zero-order valence-electron chi connectivity index (χ0n) is 11.0. The molecular formula is C19H18. The van der Waals surface area contributed by atoms with Gasteiger partial charge in [0.25, 0.3) is 0 Å². The van der Waals surface area contributed by atoms with E-state index in [4.69, 9.17) is 0 Å². The third kappa shape index (κ3) is 2.17. The average Bonchev–Trinajstić information content (AvgIpc) is 2.51. The molecule has 0 N–H and O–H groups in total. The molecule has 2 aromatic rings. The molecule has 0 aliphatic rings. The summed E-state index contributed by atoms with van der Waals surface area (Å²) in [6.07, 6.45) is 5.76. The van der Waals surface area contributed by atoms with Crippen molar-refractivity contribution in [1.82, 2.24) is 0 Å². The van der Waals surface area contributed by atoms with Gasteiger partial charge < -0.3 is 0 Å². The largest absolute Gasteiger partial charge is 0.102 e. The SMILES string of the molecule is C=Cc1ccccc1C(C=C)(C=C)c1ccccc1. The van der Waals surface area contributed by atoms with Gasteiger partial charge in [-0.05, 0) is 16.7 Å². The van der Waals surface area contributed by atoms with E-state index in [1.807, 2.05) is 48.6 Å². The lowest BCUT2D eigenvalue weighted by Crippen LogP contribution is -2.23. The van der Waals surface area contributed by atoms with Crippen LogP contribution < -0.4 is 0 Å². The lowest BCUT2D eigenvalue weighted by atomic mass is 9.73. The number of hydrogen-bond donors (Lipinski definition) is 0. The van der Waals surface area contributed by atoms with Crippen molar-refractivity contribution in [2.24, 2.45) is 0 Å². The number of rotatable bonds is 5. The van der Waals surface area contributed by atoms with Crippen molar-refractivity contribution >= 4 is 6.08 Å². The van der Waals surface area contributed by atoms with Crippen molar-refractivity contribution < 1.29 is 0 Å². The van der Waals surface area contributed by atoms with Crippen LogP contribution in [0.25, 0.3) is 6.08 Å². The molecule has 2 aromatic carbocycles. The summed E-state index contributed by atoms with van der Waals surface area (Å²) in [5.74, 6) is 0. The molecule has 0 spiro atoms. The zero-order chi connectivity index (χ0) is 13.7. The molecule has 0 aliphatic carbocycles. The highest BCUT2D eigenvalue weighted by Crippen LogP contribution is 2.36. The summed E-state index contributed by atoms with van der Waals surface area (Å²) < 4.78 is 0. The Morgan fingerprint density at radius 2 is 1.32 bits per heavy atom. The average molecular weight is 246 g/mol. The minimum Gasteiger partial charge on any atom is -0.102 e. The lowest BCUT2D eigenvalue weighted by molar-refractivity contribution is 0.818. The second-order valence-electron chi connectivity index (χ2n) is 4.43. The predicted molar refractivity (Wildman–Crippen MR) is 84.1 cm³/mol. The molecule has 0 aliphatic heterocycles. The summed E-state index contributed by atoms with van der Waals surface area (Å²) in [6, 6.07) is 18.5. The highest BCUT2D eigenvalue weighted by molar-refractivity contribution is 5.60. The van der Waals surface area contributed by atoms with Gasteiger partial charge in [0.1, 0.15) is 0 Å². The molecule has 0 atom stereocenters. The Labute approximate surface area is 115 Å². The van der Waals surface area contributed by atoms with E-state index in [0.717, 1.165) is 16.7 Å². The number of benzene rings is 2. The zero-order valence-corrected chi connectivity index (χ0v) is 11.0. The Hall–Kier alpha value is -2.34.